The second-order valence-electron chi connectivity index (χ2n) is 5.23. The molecule has 4 aliphatic rings. The monoisotopic (exact) mass is 250 g/mol. The van der Waals surface area contributed by atoms with Crippen molar-refractivity contribution in [2.75, 3.05) is 13.2 Å². The molecule has 96 valence electrons. The lowest BCUT2D eigenvalue weighted by molar-refractivity contribution is -0.313. The standard InChI is InChI=1S/C12H13NO5/c14-9-8-7(10(15)16)6-2-3-12(8,18-6)11-13(9)4-1-5-17-11/h2-3,6-8,11H,1,4-5H2,(H,15,16)/p-1/t6-,7-,8+,11-,12+/m0/s1. The average molecular weight is 250 g/mol. The third-order valence-corrected chi connectivity index (χ3v) is 4.40. The summed E-state index contributed by atoms with van der Waals surface area (Å²) in [6, 6.07) is 0. The summed E-state index contributed by atoms with van der Waals surface area (Å²) in [7, 11) is 0. The molecule has 0 N–H and O–H groups in total. The van der Waals surface area contributed by atoms with Crippen LogP contribution in [0, 0.1) is 11.8 Å². The van der Waals surface area contributed by atoms with E-state index in [0.717, 1.165) is 6.42 Å². The summed E-state index contributed by atoms with van der Waals surface area (Å²) >= 11 is 0. The lowest BCUT2D eigenvalue weighted by Crippen LogP contribution is -2.50. The molecule has 4 rings (SSSR count). The van der Waals surface area contributed by atoms with Crippen molar-refractivity contribution in [3.63, 3.8) is 0 Å². The van der Waals surface area contributed by atoms with Crippen LogP contribution in [0.3, 0.4) is 0 Å². The van der Waals surface area contributed by atoms with Gasteiger partial charge in [-0.05, 0) is 12.5 Å². The number of carboxylic acids is 1. The fourth-order valence-corrected chi connectivity index (χ4v) is 3.73. The van der Waals surface area contributed by atoms with Gasteiger partial charge < -0.3 is 24.3 Å². The first-order valence-corrected chi connectivity index (χ1v) is 6.15. The highest BCUT2D eigenvalue weighted by atomic mass is 16.6. The third kappa shape index (κ3) is 0.976. The van der Waals surface area contributed by atoms with E-state index in [0.29, 0.717) is 13.2 Å². The number of nitrogens with zero attached hydrogens (tertiary/aromatic N) is 1. The topological polar surface area (TPSA) is 78.9 Å². The molecular formula is C12H12NO5-. The number of hydrogen-bond acceptors (Lipinski definition) is 5. The molecule has 0 aromatic rings. The van der Waals surface area contributed by atoms with Crippen molar-refractivity contribution in [1.29, 1.82) is 0 Å². The van der Waals surface area contributed by atoms with Gasteiger partial charge in [0, 0.05) is 18.4 Å². The van der Waals surface area contributed by atoms with Gasteiger partial charge in [0.25, 0.3) is 0 Å². The minimum absolute atomic E-state index is 0.180. The lowest BCUT2D eigenvalue weighted by Gasteiger charge is -2.36. The van der Waals surface area contributed by atoms with Gasteiger partial charge in [0.1, 0.15) is 5.60 Å². The van der Waals surface area contributed by atoms with Crippen LogP contribution in [-0.2, 0) is 19.1 Å². The van der Waals surface area contributed by atoms with Crippen LogP contribution in [0.2, 0.25) is 0 Å². The van der Waals surface area contributed by atoms with E-state index in [4.69, 9.17) is 9.47 Å². The Labute approximate surface area is 103 Å². The minimum atomic E-state index is -1.22. The van der Waals surface area contributed by atoms with E-state index in [2.05, 4.69) is 0 Å². The van der Waals surface area contributed by atoms with Crippen LogP contribution in [-0.4, -0.2) is 47.9 Å². The molecule has 3 saturated heterocycles. The molecule has 5 atom stereocenters. The second-order valence-corrected chi connectivity index (χ2v) is 5.23. The molecule has 6 heteroatoms. The second kappa shape index (κ2) is 3.13. The van der Waals surface area contributed by atoms with Crippen molar-refractivity contribution in [2.45, 2.75) is 24.4 Å². The van der Waals surface area contributed by atoms with Crippen LogP contribution < -0.4 is 5.11 Å². The maximum Gasteiger partial charge on any atom is 0.232 e. The van der Waals surface area contributed by atoms with Crippen molar-refractivity contribution in [3.05, 3.63) is 12.2 Å². The van der Waals surface area contributed by atoms with Crippen molar-refractivity contribution >= 4 is 11.9 Å². The van der Waals surface area contributed by atoms with Gasteiger partial charge in [-0.2, -0.15) is 0 Å². The van der Waals surface area contributed by atoms with Gasteiger partial charge in [0.05, 0.1) is 18.6 Å². The Morgan fingerprint density at radius 3 is 3.17 bits per heavy atom. The molecule has 2 bridgehead atoms. The summed E-state index contributed by atoms with van der Waals surface area (Å²) in [5, 5.41) is 11.2. The number of carbonyl (C=O) groups is 2. The Hall–Kier alpha value is -1.40. The Bertz CT molecular complexity index is 475. The first kappa shape index (κ1) is 10.5. The predicted molar refractivity (Wildman–Crippen MR) is 54.8 cm³/mol. The summed E-state index contributed by atoms with van der Waals surface area (Å²) in [6.45, 7) is 1.17. The van der Waals surface area contributed by atoms with Crippen molar-refractivity contribution in [2.24, 2.45) is 11.8 Å². The summed E-state index contributed by atoms with van der Waals surface area (Å²) in [6.07, 6.45) is 3.25. The summed E-state index contributed by atoms with van der Waals surface area (Å²) < 4.78 is 11.4. The zero-order valence-corrected chi connectivity index (χ0v) is 9.57. The summed E-state index contributed by atoms with van der Waals surface area (Å²) in [4.78, 5) is 25.2. The van der Waals surface area contributed by atoms with E-state index in [1.54, 1.807) is 17.1 Å². The first-order chi connectivity index (χ1) is 8.65. The fourth-order valence-electron chi connectivity index (χ4n) is 3.73. The molecule has 3 fully saturated rings. The van der Waals surface area contributed by atoms with Crippen LogP contribution >= 0.6 is 0 Å². The van der Waals surface area contributed by atoms with Gasteiger partial charge in [-0.3, -0.25) is 4.79 Å². The molecule has 4 heterocycles. The minimum Gasteiger partial charge on any atom is -0.550 e. The maximum absolute atomic E-state index is 12.4. The van der Waals surface area contributed by atoms with Crippen LogP contribution in [0.5, 0.6) is 0 Å². The van der Waals surface area contributed by atoms with Gasteiger partial charge >= 0.3 is 0 Å². The van der Waals surface area contributed by atoms with E-state index in [1.807, 2.05) is 0 Å². The molecule has 18 heavy (non-hydrogen) atoms. The first-order valence-electron chi connectivity index (χ1n) is 6.15. The normalized spacial score (nSPS) is 48.4. The number of hydrogen-bond donors (Lipinski definition) is 0. The van der Waals surface area contributed by atoms with Crippen LogP contribution in [0.15, 0.2) is 12.2 Å². The molecule has 0 saturated carbocycles. The van der Waals surface area contributed by atoms with Gasteiger partial charge in [0.2, 0.25) is 5.91 Å². The van der Waals surface area contributed by atoms with Crippen LogP contribution in [0.1, 0.15) is 6.42 Å². The molecule has 4 aliphatic heterocycles. The molecule has 0 radical (unpaired) electrons. The maximum atomic E-state index is 12.4. The van der Waals surface area contributed by atoms with E-state index in [1.165, 1.54) is 0 Å². The fraction of sp³-hybridized carbons (Fsp3) is 0.667. The Morgan fingerprint density at radius 1 is 1.56 bits per heavy atom. The number of rotatable bonds is 1. The van der Waals surface area contributed by atoms with Crippen molar-refractivity contribution in [3.8, 4) is 0 Å². The zero-order chi connectivity index (χ0) is 12.5. The van der Waals surface area contributed by atoms with Crippen molar-refractivity contribution in [1.82, 2.24) is 4.90 Å². The lowest BCUT2D eigenvalue weighted by atomic mass is 9.76. The Morgan fingerprint density at radius 2 is 2.39 bits per heavy atom. The molecule has 0 aliphatic carbocycles. The van der Waals surface area contributed by atoms with E-state index < -0.39 is 35.7 Å². The largest absolute Gasteiger partial charge is 0.550 e. The highest BCUT2D eigenvalue weighted by Gasteiger charge is 2.70. The molecule has 1 amide bonds. The number of amides is 1. The molecule has 6 nitrogen and oxygen atoms in total. The predicted octanol–water partition coefficient (Wildman–Crippen LogP) is -1.74. The van der Waals surface area contributed by atoms with Crippen LogP contribution in [0.25, 0.3) is 0 Å². The highest BCUT2D eigenvalue weighted by molar-refractivity contribution is 5.90. The van der Waals surface area contributed by atoms with E-state index in [-0.39, 0.29) is 5.91 Å². The quantitative estimate of drug-likeness (QED) is 0.516. The average Bonchev–Trinajstić information content (AvgIpc) is 2.99. The van der Waals surface area contributed by atoms with Gasteiger partial charge in [0.15, 0.2) is 6.23 Å². The number of fused-ring (bicyclic) bond motifs is 2. The summed E-state index contributed by atoms with van der Waals surface area (Å²) in [5.74, 6) is -2.98. The number of aliphatic carboxylic acids is 1. The molecule has 0 unspecified atom stereocenters. The Balaban J connectivity index is 1.82. The van der Waals surface area contributed by atoms with Crippen molar-refractivity contribution < 1.29 is 24.2 Å². The molecular weight excluding hydrogens is 238 g/mol. The SMILES string of the molecule is O=C([O-])[C@H]1[C@@H]2C=C[C@]3(O2)[C@@H]2OCCCN2C(=O)[C@@H]13. The molecule has 0 aromatic heterocycles. The van der Waals surface area contributed by atoms with Crippen LogP contribution in [0.4, 0.5) is 0 Å². The third-order valence-electron chi connectivity index (χ3n) is 4.40. The van der Waals surface area contributed by atoms with Gasteiger partial charge in [-0.1, -0.05) is 6.08 Å². The summed E-state index contributed by atoms with van der Waals surface area (Å²) in [5.41, 5.74) is -0.910. The number of carbonyl (C=O) groups excluding carboxylic acids is 2. The van der Waals surface area contributed by atoms with E-state index >= 15 is 0 Å². The molecule has 0 aromatic carbocycles. The zero-order valence-electron chi connectivity index (χ0n) is 9.57. The smallest absolute Gasteiger partial charge is 0.232 e. The highest BCUT2D eigenvalue weighted by Crippen LogP contribution is 2.55. The van der Waals surface area contributed by atoms with Gasteiger partial charge in [-0.15, -0.1) is 0 Å². The number of ether oxygens (including phenoxy) is 2. The Kier molecular flexibility index (Phi) is 1.83. The van der Waals surface area contributed by atoms with E-state index in [9.17, 15) is 14.7 Å². The molecule has 1 spiro atoms. The number of carboxylic acid groups (broad SMARTS) is 1. The van der Waals surface area contributed by atoms with Gasteiger partial charge in [-0.25, -0.2) is 0 Å².